The molecule has 5 aliphatic carbocycles. The van der Waals surface area contributed by atoms with E-state index >= 15 is 0 Å². The molecular weight excluding hydrogens is 484 g/mol. The van der Waals surface area contributed by atoms with Crippen LogP contribution in [-0.4, -0.2) is 31.6 Å². The summed E-state index contributed by atoms with van der Waals surface area (Å²) in [6.45, 7) is 22.7. The van der Waals surface area contributed by atoms with Crippen molar-refractivity contribution in [2.24, 2.45) is 62.6 Å². The van der Waals surface area contributed by atoms with E-state index in [9.17, 15) is 4.79 Å². The van der Waals surface area contributed by atoms with Gasteiger partial charge >= 0.3 is 5.97 Å². The van der Waals surface area contributed by atoms with E-state index in [0.717, 1.165) is 38.7 Å². The van der Waals surface area contributed by atoms with Gasteiger partial charge in [-0.3, -0.25) is 4.79 Å². The Kier molecular flexibility index (Phi) is 6.22. The molecule has 5 fully saturated rings. The first-order valence-corrected chi connectivity index (χ1v) is 16.2. The molecule has 4 heteroatoms. The summed E-state index contributed by atoms with van der Waals surface area (Å²) in [4.78, 5) is 13.5. The van der Waals surface area contributed by atoms with Crippen LogP contribution in [-0.2, 0) is 19.0 Å². The molecule has 0 N–H and O–H groups in total. The summed E-state index contributed by atoms with van der Waals surface area (Å²) in [5, 5.41) is 0. The topological polar surface area (TPSA) is 44.8 Å². The van der Waals surface area contributed by atoms with Crippen molar-refractivity contribution >= 4 is 5.97 Å². The SMILES string of the molecule is COC(=O)C12CC[C@@H](C)[C@H](C)C1C1=CCC3[C@@]4(C)C[C@@H](C)C5OC(C)(C)OC[C@]5(C)C4CC[C@@]3(C)[C@]1(C)CC2. The van der Waals surface area contributed by atoms with Crippen molar-refractivity contribution in [3.8, 4) is 0 Å². The summed E-state index contributed by atoms with van der Waals surface area (Å²) in [6, 6.07) is 0. The van der Waals surface area contributed by atoms with Crippen LogP contribution in [0.1, 0.15) is 114 Å². The van der Waals surface area contributed by atoms with Gasteiger partial charge in [0.05, 0.1) is 25.2 Å². The van der Waals surface area contributed by atoms with Gasteiger partial charge in [-0.15, -0.1) is 0 Å². The van der Waals surface area contributed by atoms with Crippen LogP contribution in [0.2, 0.25) is 0 Å². The predicted molar refractivity (Wildman–Crippen MR) is 155 cm³/mol. The highest BCUT2D eigenvalue weighted by molar-refractivity contribution is 5.78. The number of esters is 1. The lowest BCUT2D eigenvalue weighted by molar-refractivity contribution is -0.361. The fourth-order valence-electron chi connectivity index (χ4n) is 12.5. The Morgan fingerprint density at radius 2 is 1.62 bits per heavy atom. The molecule has 0 radical (unpaired) electrons. The third kappa shape index (κ3) is 3.46. The third-order valence-corrected chi connectivity index (χ3v) is 14.7. The second-order valence-electron chi connectivity index (χ2n) is 16.7. The first-order chi connectivity index (χ1) is 18.1. The number of carbonyl (C=O) groups excluding carboxylic acids is 1. The van der Waals surface area contributed by atoms with Gasteiger partial charge in [-0.05, 0) is 117 Å². The summed E-state index contributed by atoms with van der Waals surface area (Å²) in [5.74, 6) is 2.76. The van der Waals surface area contributed by atoms with Gasteiger partial charge in [0.15, 0.2) is 5.79 Å². The molecule has 1 heterocycles. The molecule has 6 aliphatic rings. The van der Waals surface area contributed by atoms with Crippen molar-refractivity contribution < 1.29 is 19.0 Å². The second-order valence-corrected chi connectivity index (χ2v) is 16.7. The van der Waals surface area contributed by atoms with Crippen LogP contribution in [0.15, 0.2) is 11.6 Å². The van der Waals surface area contributed by atoms with E-state index in [4.69, 9.17) is 14.2 Å². The molecule has 0 aromatic rings. The summed E-state index contributed by atoms with van der Waals surface area (Å²) in [6.07, 6.45) is 12.0. The van der Waals surface area contributed by atoms with Crippen LogP contribution < -0.4 is 0 Å². The Morgan fingerprint density at radius 1 is 0.897 bits per heavy atom. The Labute approximate surface area is 238 Å². The molecule has 0 aromatic heterocycles. The van der Waals surface area contributed by atoms with Gasteiger partial charge in [0, 0.05) is 5.41 Å². The fraction of sp³-hybridized carbons (Fsp3) is 0.914. The number of methoxy groups -OCH3 is 1. The lowest BCUT2D eigenvalue weighted by Crippen LogP contribution is -2.69. The number of hydrogen-bond donors (Lipinski definition) is 0. The maximum absolute atomic E-state index is 13.5. The number of hydrogen-bond acceptors (Lipinski definition) is 4. The monoisotopic (exact) mass is 540 g/mol. The van der Waals surface area contributed by atoms with Crippen molar-refractivity contribution in [3.05, 3.63) is 11.6 Å². The molecule has 0 spiro atoms. The average Bonchev–Trinajstić information content (AvgIpc) is 2.87. The Hall–Kier alpha value is -0.870. The lowest BCUT2D eigenvalue weighted by atomic mass is 9.32. The molecular formula is C35H56O4. The van der Waals surface area contributed by atoms with Gasteiger partial charge in [0.25, 0.3) is 0 Å². The quantitative estimate of drug-likeness (QED) is 0.248. The highest BCUT2D eigenvalue weighted by Crippen LogP contribution is 2.76. The molecule has 6 rings (SSSR count). The molecule has 0 aromatic carbocycles. The zero-order valence-electron chi connectivity index (χ0n) is 26.6. The van der Waals surface area contributed by atoms with Crippen molar-refractivity contribution in [2.75, 3.05) is 13.7 Å². The molecule has 4 nitrogen and oxygen atoms in total. The summed E-state index contributed by atoms with van der Waals surface area (Å²) in [7, 11) is 1.61. The van der Waals surface area contributed by atoms with Gasteiger partial charge < -0.3 is 14.2 Å². The van der Waals surface area contributed by atoms with E-state index in [-0.39, 0.29) is 39.1 Å². The average molecular weight is 541 g/mol. The minimum absolute atomic E-state index is 0.0497. The Morgan fingerprint density at radius 3 is 2.31 bits per heavy atom. The molecule has 220 valence electrons. The normalized spacial score (nSPS) is 56.1. The number of carbonyl (C=O) groups is 1. The number of rotatable bonds is 1. The van der Waals surface area contributed by atoms with Crippen molar-refractivity contribution in [1.29, 1.82) is 0 Å². The van der Waals surface area contributed by atoms with Gasteiger partial charge in [-0.2, -0.15) is 0 Å². The van der Waals surface area contributed by atoms with Gasteiger partial charge in [0.2, 0.25) is 0 Å². The fourth-order valence-corrected chi connectivity index (χ4v) is 12.5. The van der Waals surface area contributed by atoms with E-state index in [2.05, 4.69) is 68.4 Å². The van der Waals surface area contributed by atoms with Crippen LogP contribution in [0.4, 0.5) is 0 Å². The highest BCUT2D eigenvalue weighted by atomic mass is 16.7. The van der Waals surface area contributed by atoms with Gasteiger partial charge in [-0.25, -0.2) is 0 Å². The molecule has 0 amide bonds. The first-order valence-electron chi connectivity index (χ1n) is 16.2. The van der Waals surface area contributed by atoms with Crippen molar-refractivity contribution in [2.45, 2.75) is 126 Å². The minimum atomic E-state index is -0.493. The smallest absolute Gasteiger partial charge is 0.312 e. The summed E-state index contributed by atoms with van der Waals surface area (Å²) >= 11 is 0. The van der Waals surface area contributed by atoms with Gasteiger partial charge in [0.1, 0.15) is 0 Å². The van der Waals surface area contributed by atoms with Crippen molar-refractivity contribution in [1.82, 2.24) is 0 Å². The predicted octanol–water partition coefficient (Wildman–Crippen LogP) is 8.19. The molecule has 4 saturated carbocycles. The zero-order chi connectivity index (χ0) is 28.4. The van der Waals surface area contributed by atoms with Crippen LogP contribution in [0.5, 0.6) is 0 Å². The zero-order valence-corrected chi connectivity index (χ0v) is 26.6. The number of allylic oxidation sites excluding steroid dienone is 2. The Balaban J connectivity index is 1.42. The maximum Gasteiger partial charge on any atom is 0.312 e. The first kappa shape index (κ1) is 28.3. The molecule has 1 saturated heterocycles. The van der Waals surface area contributed by atoms with E-state index in [1.807, 2.05) is 0 Å². The van der Waals surface area contributed by atoms with E-state index < -0.39 is 5.79 Å². The highest BCUT2D eigenvalue weighted by Gasteiger charge is 2.71. The third-order valence-electron chi connectivity index (χ3n) is 14.7. The molecule has 5 unspecified atom stereocenters. The maximum atomic E-state index is 13.5. The molecule has 1 aliphatic heterocycles. The lowest BCUT2D eigenvalue weighted by Gasteiger charge is -2.73. The summed E-state index contributed by atoms with van der Waals surface area (Å²) in [5.41, 5.74) is 1.94. The Bertz CT molecular complexity index is 1060. The molecule has 0 bridgehead atoms. The van der Waals surface area contributed by atoms with Crippen LogP contribution in [0.3, 0.4) is 0 Å². The van der Waals surface area contributed by atoms with Crippen LogP contribution >= 0.6 is 0 Å². The standard InChI is InChI=1S/C35H56O4/c1-21-13-16-35(29(36)37-10)18-17-33(8)24(27(35)23(21)3)11-12-26-31(6)19-22(2)28-32(7,20-38-30(4,5)39-28)25(31)14-15-34(26,33)9/h11,21-23,25-28H,12-20H2,1-10H3/t21-,22-,23+,25?,26?,27?,28?,31+,32-,33-,34-,35?/m1/s1. The second kappa shape index (κ2) is 8.59. The number of fused-ring (bicyclic) bond motifs is 9. The van der Waals surface area contributed by atoms with Crippen LogP contribution in [0, 0.1) is 62.6 Å². The van der Waals surface area contributed by atoms with Crippen molar-refractivity contribution in [3.63, 3.8) is 0 Å². The van der Waals surface area contributed by atoms with Gasteiger partial charge in [-0.1, -0.05) is 60.1 Å². The van der Waals surface area contributed by atoms with E-state index in [1.54, 1.807) is 12.7 Å². The number of ether oxygens (including phenoxy) is 3. The largest absolute Gasteiger partial charge is 0.469 e. The van der Waals surface area contributed by atoms with E-state index in [0.29, 0.717) is 35.5 Å². The molecule has 12 atom stereocenters. The van der Waals surface area contributed by atoms with E-state index in [1.165, 1.54) is 19.3 Å². The van der Waals surface area contributed by atoms with Crippen LogP contribution in [0.25, 0.3) is 0 Å². The summed E-state index contributed by atoms with van der Waals surface area (Å²) < 4.78 is 18.7. The minimum Gasteiger partial charge on any atom is -0.469 e. The molecule has 39 heavy (non-hydrogen) atoms.